The Morgan fingerprint density at radius 3 is 2.44 bits per heavy atom. The number of aromatic hydroxyl groups is 2. The second-order valence-corrected chi connectivity index (χ2v) is 7.88. The third kappa shape index (κ3) is 4.34. The summed E-state index contributed by atoms with van der Waals surface area (Å²) in [6.07, 6.45) is 1.91. The fraction of sp³-hybridized carbons (Fsp3) is 0.294. The number of rotatable bonds is 5. The van der Waals surface area contributed by atoms with E-state index in [9.17, 15) is 18.6 Å². The van der Waals surface area contributed by atoms with Gasteiger partial charge in [-0.05, 0) is 60.5 Å². The number of hydrogen-bond donors (Lipinski definition) is 5. The van der Waals surface area contributed by atoms with Crippen LogP contribution in [0, 0.1) is 0 Å². The summed E-state index contributed by atoms with van der Waals surface area (Å²) in [5.74, 6) is -0.218. The van der Waals surface area contributed by atoms with Gasteiger partial charge in [0.25, 0.3) is 0 Å². The molecule has 0 aliphatic carbocycles. The summed E-state index contributed by atoms with van der Waals surface area (Å²) >= 11 is 0. The van der Waals surface area contributed by atoms with Gasteiger partial charge in [-0.15, -0.1) is 0 Å². The van der Waals surface area contributed by atoms with E-state index in [0.717, 1.165) is 36.0 Å². The normalized spacial score (nSPS) is 16.9. The third-order valence-electron chi connectivity index (χ3n) is 4.10. The number of phenols is 2. The topological polar surface area (TPSA) is 111 Å². The van der Waals surface area contributed by atoms with Crippen LogP contribution in [0.5, 0.6) is 11.5 Å². The van der Waals surface area contributed by atoms with Crippen LogP contribution in [-0.4, -0.2) is 38.0 Å². The van der Waals surface area contributed by atoms with Crippen molar-refractivity contribution in [2.45, 2.75) is 12.5 Å². The molecule has 0 bridgehead atoms. The zero-order chi connectivity index (χ0) is 18.0. The molecule has 0 fully saturated rings. The van der Waals surface area contributed by atoms with Crippen LogP contribution < -0.4 is 15.4 Å². The fourth-order valence-electron chi connectivity index (χ4n) is 2.94. The van der Waals surface area contributed by atoms with Gasteiger partial charge >= 0.3 is 0 Å². The molecule has 5 N–H and O–H groups in total. The number of benzene rings is 2. The summed E-state index contributed by atoms with van der Waals surface area (Å²) in [6.45, 7) is 1.39. The minimum absolute atomic E-state index is 0.00377. The second-order valence-electron chi connectivity index (χ2n) is 6.13. The van der Waals surface area contributed by atoms with E-state index in [4.69, 9.17) is 0 Å². The van der Waals surface area contributed by atoms with Gasteiger partial charge in [-0.25, -0.2) is 8.42 Å². The molecular weight excluding hydrogens is 342 g/mol. The molecule has 0 radical (unpaired) electrons. The summed E-state index contributed by atoms with van der Waals surface area (Å²) in [7, 11) is -3.29. The predicted octanol–water partition coefficient (Wildman–Crippen LogP) is 1.77. The van der Waals surface area contributed by atoms with Crippen LogP contribution in [0.4, 0.5) is 11.4 Å². The first kappa shape index (κ1) is 17.4. The Morgan fingerprint density at radius 2 is 1.76 bits per heavy atom. The Hall–Kier alpha value is -2.45. The molecule has 0 spiro atoms. The van der Waals surface area contributed by atoms with Gasteiger partial charge in [0, 0.05) is 24.0 Å². The van der Waals surface area contributed by atoms with E-state index in [-0.39, 0.29) is 17.5 Å². The van der Waals surface area contributed by atoms with Crippen molar-refractivity contribution in [3.63, 3.8) is 0 Å². The summed E-state index contributed by atoms with van der Waals surface area (Å²) in [4.78, 5) is 0. The van der Waals surface area contributed by atoms with E-state index >= 15 is 0 Å². The van der Waals surface area contributed by atoms with Crippen molar-refractivity contribution >= 4 is 21.4 Å². The third-order valence-corrected chi connectivity index (χ3v) is 4.70. The lowest BCUT2D eigenvalue weighted by molar-refractivity contribution is 0.399. The molecule has 1 aliphatic rings. The zero-order valence-electron chi connectivity index (χ0n) is 13.8. The average molecular weight is 363 g/mol. The second kappa shape index (κ2) is 6.81. The number of anilines is 2. The first-order valence-corrected chi connectivity index (χ1v) is 9.81. The lowest BCUT2D eigenvalue weighted by Crippen LogP contribution is -2.34. The number of phenolic OH excluding ortho intramolecular Hbond substituents is 2. The van der Waals surface area contributed by atoms with Gasteiger partial charge in [0.05, 0.1) is 6.26 Å². The molecule has 3 rings (SSSR count). The molecule has 2 aromatic carbocycles. The molecule has 25 heavy (non-hydrogen) atoms. The van der Waals surface area contributed by atoms with E-state index in [1.54, 1.807) is 36.4 Å². The summed E-state index contributed by atoms with van der Waals surface area (Å²) in [5, 5.41) is 26.1. The Morgan fingerprint density at radius 1 is 1.12 bits per heavy atom. The highest BCUT2D eigenvalue weighted by Gasteiger charge is 2.21. The summed E-state index contributed by atoms with van der Waals surface area (Å²) in [5.41, 5.74) is 3.35. The standard InChI is InChI=1S/C17H21N3O4S/c1-25(23,24)20-13-4-2-12(3-5-13)19-10-15-14-9-17(22)16(21)8-11(14)6-7-18-15/h2-5,8-9,15,18-22H,6-7,10H2,1H3. The van der Waals surface area contributed by atoms with Crippen LogP contribution in [0.15, 0.2) is 36.4 Å². The van der Waals surface area contributed by atoms with Gasteiger partial charge in [-0.2, -0.15) is 0 Å². The molecule has 8 heteroatoms. The molecule has 1 heterocycles. The van der Waals surface area contributed by atoms with Crippen molar-refractivity contribution in [3.8, 4) is 11.5 Å². The molecule has 134 valence electrons. The van der Waals surface area contributed by atoms with Crippen molar-refractivity contribution in [1.29, 1.82) is 0 Å². The molecule has 0 saturated heterocycles. The highest BCUT2D eigenvalue weighted by molar-refractivity contribution is 7.92. The van der Waals surface area contributed by atoms with E-state index in [2.05, 4.69) is 15.4 Å². The Kier molecular flexibility index (Phi) is 4.73. The molecule has 0 amide bonds. The molecule has 1 aliphatic heterocycles. The summed E-state index contributed by atoms with van der Waals surface area (Å²) < 4.78 is 24.8. The first-order valence-electron chi connectivity index (χ1n) is 7.92. The van der Waals surface area contributed by atoms with Crippen LogP contribution in [0.1, 0.15) is 17.2 Å². The average Bonchev–Trinajstić information content (AvgIpc) is 2.54. The molecule has 1 unspecified atom stereocenters. The van der Waals surface area contributed by atoms with Crippen molar-refractivity contribution < 1.29 is 18.6 Å². The molecule has 0 saturated carbocycles. The van der Waals surface area contributed by atoms with Crippen LogP contribution in [0.2, 0.25) is 0 Å². The molecular formula is C17H21N3O4S. The zero-order valence-corrected chi connectivity index (χ0v) is 14.6. The van der Waals surface area contributed by atoms with Gasteiger partial charge in [-0.3, -0.25) is 4.72 Å². The van der Waals surface area contributed by atoms with Crippen molar-refractivity contribution in [1.82, 2.24) is 5.32 Å². The molecule has 7 nitrogen and oxygen atoms in total. The minimum Gasteiger partial charge on any atom is -0.504 e. The summed E-state index contributed by atoms with van der Waals surface area (Å²) in [6, 6.07) is 10.2. The number of nitrogens with one attached hydrogen (secondary N) is 3. The smallest absolute Gasteiger partial charge is 0.229 e. The lowest BCUT2D eigenvalue weighted by atomic mass is 9.93. The van der Waals surface area contributed by atoms with Crippen molar-refractivity contribution in [3.05, 3.63) is 47.5 Å². The van der Waals surface area contributed by atoms with Gasteiger partial charge in [0.2, 0.25) is 10.0 Å². The van der Waals surface area contributed by atoms with E-state index in [1.807, 2.05) is 0 Å². The van der Waals surface area contributed by atoms with Gasteiger partial charge in [0.1, 0.15) is 0 Å². The van der Waals surface area contributed by atoms with Gasteiger partial charge in [-0.1, -0.05) is 0 Å². The minimum atomic E-state index is -3.29. The lowest BCUT2D eigenvalue weighted by Gasteiger charge is -2.28. The fourth-order valence-corrected chi connectivity index (χ4v) is 3.50. The van der Waals surface area contributed by atoms with E-state index in [1.165, 1.54) is 0 Å². The van der Waals surface area contributed by atoms with E-state index < -0.39 is 10.0 Å². The van der Waals surface area contributed by atoms with Crippen LogP contribution >= 0.6 is 0 Å². The maximum Gasteiger partial charge on any atom is 0.229 e. The molecule has 0 aromatic heterocycles. The Balaban J connectivity index is 1.68. The maximum atomic E-state index is 11.2. The largest absolute Gasteiger partial charge is 0.504 e. The predicted molar refractivity (Wildman–Crippen MR) is 97.6 cm³/mol. The Bertz CT molecular complexity index is 866. The van der Waals surface area contributed by atoms with Crippen LogP contribution in [0.25, 0.3) is 0 Å². The monoisotopic (exact) mass is 363 g/mol. The van der Waals surface area contributed by atoms with Crippen molar-refractivity contribution in [2.75, 3.05) is 29.4 Å². The quantitative estimate of drug-likeness (QED) is 0.518. The van der Waals surface area contributed by atoms with Crippen molar-refractivity contribution in [2.24, 2.45) is 0 Å². The SMILES string of the molecule is CS(=O)(=O)Nc1ccc(NCC2NCCc3cc(O)c(O)cc32)cc1. The molecule has 1 atom stereocenters. The van der Waals surface area contributed by atoms with Crippen LogP contribution in [0.3, 0.4) is 0 Å². The number of fused-ring (bicyclic) bond motifs is 1. The highest BCUT2D eigenvalue weighted by Crippen LogP contribution is 2.33. The van der Waals surface area contributed by atoms with Gasteiger partial charge < -0.3 is 20.8 Å². The first-order chi connectivity index (χ1) is 11.8. The Labute approximate surface area is 146 Å². The molecule has 2 aromatic rings. The number of hydrogen-bond acceptors (Lipinski definition) is 6. The van der Waals surface area contributed by atoms with E-state index in [0.29, 0.717) is 12.2 Å². The van der Waals surface area contributed by atoms with Gasteiger partial charge in [0.15, 0.2) is 11.5 Å². The van der Waals surface area contributed by atoms with Crippen LogP contribution in [-0.2, 0) is 16.4 Å². The number of sulfonamides is 1. The maximum absolute atomic E-state index is 11.2. The highest BCUT2D eigenvalue weighted by atomic mass is 32.2.